The summed E-state index contributed by atoms with van der Waals surface area (Å²) in [5.74, 6) is -0.218. The molecule has 0 aromatic carbocycles. The van der Waals surface area contributed by atoms with Crippen molar-refractivity contribution in [1.82, 2.24) is 10.2 Å². The third-order valence-corrected chi connectivity index (χ3v) is 3.12. The normalized spacial score (nSPS) is 17.8. The van der Waals surface area contributed by atoms with Gasteiger partial charge in [0.05, 0.1) is 5.75 Å². The van der Waals surface area contributed by atoms with Crippen molar-refractivity contribution in [1.29, 1.82) is 0 Å². The molecule has 15 heavy (non-hydrogen) atoms. The highest BCUT2D eigenvalue weighted by Crippen LogP contribution is 2.02. The quantitative estimate of drug-likeness (QED) is 0.701. The number of hydrogen-bond acceptors (Lipinski definition) is 4. The molecule has 1 heterocycles. The lowest BCUT2D eigenvalue weighted by Gasteiger charge is -2.26. The smallest absolute Gasteiger partial charge is 0.324 e. The molecule has 1 aliphatic rings. The van der Waals surface area contributed by atoms with Gasteiger partial charge in [-0.25, -0.2) is 13.2 Å². The van der Waals surface area contributed by atoms with E-state index in [1.807, 2.05) is 0 Å². The summed E-state index contributed by atoms with van der Waals surface area (Å²) in [6.45, 7) is 0.737. The summed E-state index contributed by atoms with van der Waals surface area (Å²) in [5.41, 5.74) is 0. The first-order valence-corrected chi connectivity index (χ1v) is 6.71. The molecule has 0 spiro atoms. The number of urea groups is 1. The molecule has 1 fully saturated rings. The molecular weight excluding hydrogens is 220 g/mol. The molecule has 0 aromatic rings. The summed E-state index contributed by atoms with van der Waals surface area (Å²) in [6.07, 6.45) is 1.85. The van der Waals surface area contributed by atoms with Crippen LogP contribution in [-0.2, 0) is 14.6 Å². The monoisotopic (exact) mass is 234 g/mol. The van der Waals surface area contributed by atoms with E-state index in [1.165, 1.54) is 4.90 Å². The van der Waals surface area contributed by atoms with Crippen molar-refractivity contribution in [2.45, 2.75) is 12.8 Å². The number of nitrogens with one attached hydrogen (secondary N) is 1. The number of sulfone groups is 1. The minimum atomic E-state index is -2.98. The predicted molar refractivity (Wildman–Crippen MR) is 54.1 cm³/mol. The average molecular weight is 234 g/mol. The van der Waals surface area contributed by atoms with Crippen LogP contribution in [0.2, 0.25) is 0 Å². The van der Waals surface area contributed by atoms with Crippen LogP contribution >= 0.6 is 0 Å². The maximum absolute atomic E-state index is 11.2. The lowest BCUT2D eigenvalue weighted by Crippen LogP contribution is -2.49. The van der Waals surface area contributed by atoms with Gasteiger partial charge in [0, 0.05) is 25.8 Å². The molecule has 0 aliphatic carbocycles. The Bertz CT molecular complexity index is 363. The fourth-order valence-electron chi connectivity index (χ4n) is 1.33. The Labute approximate surface area is 88.5 Å². The standard InChI is InChI=1S/C8H14N2O4S/c1-15(13,14)6-2-4-10-5-3-7(11)9-8(10)12/h2-6H2,1H3,(H,9,11,12). The fraction of sp³-hybridized carbons (Fsp3) is 0.750. The molecule has 0 saturated carbocycles. The minimum Gasteiger partial charge on any atom is -0.324 e. The molecule has 0 atom stereocenters. The van der Waals surface area contributed by atoms with Crippen LogP contribution in [0.3, 0.4) is 0 Å². The number of imide groups is 1. The maximum atomic E-state index is 11.2. The second-order valence-corrected chi connectivity index (χ2v) is 5.83. The van der Waals surface area contributed by atoms with Gasteiger partial charge in [0.25, 0.3) is 0 Å². The first kappa shape index (κ1) is 12.0. The molecule has 6 nitrogen and oxygen atoms in total. The molecule has 0 aromatic heterocycles. The number of amides is 3. The van der Waals surface area contributed by atoms with Gasteiger partial charge < -0.3 is 4.90 Å². The van der Waals surface area contributed by atoms with Crippen molar-refractivity contribution in [2.24, 2.45) is 0 Å². The molecule has 1 N–H and O–H groups in total. The molecule has 0 bridgehead atoms. The van der Waals surface area contributed by atoms with Gasteiger partial charge in [-0.15, -0.1) is 0 Å². The lowest BCUT2D eigenvalue weighted by molar-refractivity contribution is -0.121. The zero-order chi connectivity index (χ0) is 11.5. The summed E-state index contributed by atoms with van der Waals surface area (Å²) >= 11 is 0. The Morgan fingerprint density at radius 1 is 1.40 bits per heavy atom. The van der Waals surface area contributed by atoms with Gasteiger partial charge in [-0.3, -0.25) is 10.1 Å². The number of carbonyl (C=O) groups is 2. The topological polar surface area (TPSA) is 83.6 Å². The van der Waals surface area contributed by atoms with Crippen LogP contribution in [0.5, 0.6) is 0 Å². The minimum absolute atomic E-state index is 0.0602. The van der Waals surface area contributed by atoms with E-state index >= 15 is 0 Å². The Balaban J connectivity index is 2.33. The van der Waals surface area contributed by atoms with Gasteiger partial charge in [0.1, 0.15) is 9.84 Å². The van der Waals surface area contributed by atoms with Gasteiger partial charge in [-0.1, -0.05) is 0 Å². The molecule has 86 valence electrons. The van der Waals surface area contributed by atoms with Crippen molar-refractivity contribution in [3.05, 3.63) is 0 Å². The summed E-state index contributed by atoms with van der Waals surface area (Å²) in [7, 11) is -2.98. The van der Waals surface area contributed by atoms with Crippen molar-refractivity contribution in [3.63, 3.8) is 0 Å². The maximum Gasteiger partial charge on any atom is 0.324 e. The van der Waals surface area contributed by atoms with E-state index in [-0.39, 0.29) is 18.1 Å². The number of hydrogen-bond donors (Lipinski definition) is 1. The van der Waals surface area contributed by atoms with Gasteiger partial charge in [-0.2, -0.15) is 0 Å². The van der Waals surface area contributed by atoms with E-state index in [9.17, 15) is 18.0 Å². The molecule has 0 radical (unpaired) electrons. The van der Waals surface area contributed by atoms with Crippen molar-refractivity contribution >= 4 is 21.8 Å². The largest absolute Gasteiger partial charge is 0.324 e. The summed E-state index contributed by atoms with van der Waals surface area (Å²) in [4.78, 5) is 23.5. The second kappa shape index (κ2) is 4.61. The van der Waals surface area contributed by atoms with E-state index in [0.29, 0.717) is 19.5 Å². The first-order chi connectivity index (χ1) is 6.88. The number of carbonyl (C=O) groups excluding carboxylic acids is 2. The van der Waals surface area contributed by atoms with Crippen LogP contribution in [0.1, 0.15) is 12.8 Å². The van der Waals surface area contributed by atoms with Crippen molar-refractivity contribution in [3.8, 4) is 0 Å². The van der Waals surface area contributed by atoms with Crippen LogP contribution in [0, 0.1) is 0 Å². The molecule has 1 saturated heterocycles. The highest BCUT2D eigenvalue weighted by molar-refractivity contribution is 7.90. The summed E-state index contributed by atoms with van der Waals surface area (Å²) in [5, 5.41) is 2.18. The van der Waals surface area contributed by atoms with Gasteiger partial charge in [-0.05, 0) is 6.42 Å². The molecule has 1 aliphatic heterocycles. The van der Waals surface area contributed by atoms with E-state index < -0.39 is 15.9 Å². The molecule has 0 unspecified atom stereocenters. The zero-order valence-electron chi connectivity index (χ0n) is 8.52. The van der Waals surface area contributed by atoms with Gasteiger partial charge in [0.2, 0.25) is 5.91 Å². The average Bonchev–Trinajstić information content (AvgIpc) is 2.07. The van der Waals surface area contributed by atoms with Crippen molar-refractivity contribution < 1.29 is 18.0 Å². The van der Waals surface area contributed by atoms with Crippen LogP contribution in [0.25, 0.3) is 0 Å². The lowest BCUT2D eigenvalue weighted by atomic mass is 10.3. The number of nitrogens with zero attached hydrogens (tertiary/aromatic N) is 1. The predicted octanol–water partition coefficient (Wildman–Crippen LogP) is -0.637. The molecule has 1 rings (SSSR count). The van der Waals surface area contributed by atoms with E-state index in [1.54, 1.807) is 0 Å². The first-order valence-electron chi connectivity index (χ1n) is 4.65. The summed E-state index contributed by atoms with van der Waals surface area (Å²) in [6, 6.07) is -0.431. The third-order valence-electron chi connectivity index (χ3n) is 2.09. The second-order valence-electron chi connectivity index (χ2n) is 3.57. The Morgan fingerprint density at radius 3 is 2.60 bits per heavy atom. The van der Waals surface area contributed by atoms with Gasteiger partial charge in [0.15, 0.2) is 0 Å². The van der Waals surface area contributed by atoms with Crippen LogP contribution in [0.15, 0.2) is 0 Å². The molecule has 3 amide bonds. The highest BCUT2D eigenvalue weighted by atomic mass is 32.2. The van der Waals surface area contributed by atoms with E-state index in [4.69, 9.17) is 0 Å². The molecular formula is C8H14N2O4S. The van der Waals surface area contributed by atoms with Crippen molar-refractivity contribution in [2.75, 3.05) is 25.1 Å². The van der Waals surface area contributed by atoms with Crippen LogP contribution in [0.4, 0.5) is 4.79 Å². The van der Waals surface area contributed by atoms with Crippen LogP contribution < -0.4 is 5.32 Å². The highest BCUT2D eigenvalue weighted by Gasteiger charge is 2.22. The Hall–Kier alpha value is -1.11. The fourth-order valence-corrected chi connectivity index (χ4v) is 1.98. The van der Waals surface area contributed by atoms with E-state index in [2.05, 4.69) is 5.32 Å². The zero-order valence-corrected chi connectivity index (χ0v) is 9.34. The number of rotatable bonds is 4. The van der Waals surface area contributed by atoms with Gasteiger partial charge >= 0.3 is 6.03 Å². The Kier molecular flexibility index (Phi) is 3.67. The molecule has 7 heteroatoms. The third kappa shape index (κ3) is 4.28. The Morgan fingerprint density at radius 2 is 2.07 bits per heavy atom. The van der Waals surface area contributed by atoms with E-state index in [0.717, 1.165) is 6.26 Å². The SMILES string of the molecule is CS(=O)(=O)CCCN1CCC(=O)NC1=O. The summed E-state index contributed by atoms with van der Waals surface area (Å²) < 4.78 is 21.7. The van der Waals surface area contributed by atoms with Crippen LogP contribution in [-0.4, -0.2) is 50.4 Å².